The van der Waals surface area contributed by atoms with E-state index in [4.69, 9.17) is 4.42 Å². The van der Waals surface area contributed by atoms with E-state index in [0.717, 1.165) is 37.4 Å². The first-order valence-corrected chi connectivity index (χ1v) is 7.13. The molecule has 1 aliphatic rings. The van der Waals surface area contributed by atoms with Gasteiger partial charge in [-0.2, -0.15) is 0 Å². The van der Waals surface area contributed by atoms with Crippen LogP contribution in [0.2, 0.25) is 0 Å². The van der Waals surface area contributed by atoms with Gasteiger partial charge in [-0.05, 0) is 19.0 Å². The third kappa shape index (κ3) is 2.27. The molecule has 0 spiro atoms. The van der Waals surface area contributed by atoms with E-state index < -0.39 is 0 Å². The first-order chi connectivity index (χ1) is 10.3. The molecular weight excluding hydrogens is 268 g/mol. The molecule has 6 heteroatoms. The zero-order valence-electron chi connectivity index (χ0n) is 11.6. The van der Waals surface area contributed by atoms with Crippen molar-refractivity contribution in [3.8, 4) is 0 Å². The van der Waals surface area contributed by atoms with Crippen molar-refractivity contribution in [1.29, 1.82) is 0 Å². The average Bonchev–Trinajstić information content (AvgIpc) is 3.05. The minimum atomic E-state index is -0.0705. The lowest BCUT2D eigenvalue weighted by Crippen LogP contribution is -2.25. The van der Waals surface area contributed by atoms with Crippen molar-refractivity contribution in [2.24, 2.45) is 0 Å². The highest BCUT2D eigenvalue weighted by Gasteiger charge is 2.17. The Labute approximate surface area is 121 Å². The number of nitrogens with zero attached hydrogens (tertiary/aromatic N) is 3. The van der Waals surface area contributed by atoms with Crippen LogP contribution in [0.4, 0.5) is 0 Å². The highest BCUT2D eigenvalue weighted by Crippen LogP contribution is 2.20. The first-order valence-electron chi connectivity index (χ1n) is 7.13. The maximum atomic E-state index is 12.0. The Kier molecular flexibility index (Phi) is 2.89. The van der Waals surface area contributed by atoms with Gasteiger partial charge >= 0.3 is 0 Å². The molecular formula is C15H16N4O2. The van der Waals surface area contributed by atoms with Crippen LogP contribution in [0.1, 0.15) is 23.4 Å². The van der Waals surface area contributed by atoms with Gasteiger partial charge in [0.25, 0.3) is 5.56 Å². The minimum Gasteiger partial charge on any atom is -0.469 e. The Morgan fingerprint density at radius 1 is 1.38 bits per heavy atom. The number of H-pyrrole nitrogens is 1. The van der Waals surface area contributed by atoms with Crippen LogP contribution in [0, 0.1) is 0 Å². The van der Waals surface area contributed by atoms with Crippen LogP contribution in [0.15, 0.2) is 39.9 Å². The summed E-state index contributed by atoms with van der Waals surface area (Å²) in [6.45, 7) is 2.51. The van der Waals surface area contributed by atoms with Crippen LogP contribution < -0.4 is 5.56 Å². The van der Waals surface area contributed by atoms with Gasteiger partial charge in [0.2, 0.25) is 0 Å². The van der Waals surface area contributed by atoms with E-state index in [2.05, 4.69) is 15.0 Å². The number of hydrogen-bond donors (Lipinski definition) is 1. The lowest BCUT2D eigenvalue weighted by atomic mass is 10.2. The molecule has 3 aromatic rings. The number of hydrogen-bond acceptors (Lipinski definition) is 4. The third-order valence-electron chi connectivity index (χ3n) is 3.93. The molecule has 4 heterocycles. The fourth-order valence-electron chi connectivity index (χ4n) is 2.93. The molecule has 0 fully saturated rings. The molecule has 21 heavy (non-hydrogen) atoms. The molecule has 6 nitrogen and oxygen atoms in total. The minimum absolute atomic E-state index is 0.0705. The number of nitrogens with one attached hydrogen (secondary N) is 1. The predicted octanol–water partition coefficient (Wildman–Crippen LogP) is 1.56. The summed E-state index contributed by atoms with van der Waals surface area (Å²) in [4.78, 5) is 18.8. The second-order valence-corrected chi connectivity index (χ2v) is 5.42. The van der Waals surface area contributed by atoms with E-state index >= 15 is 0 Å². The van der Waals surface area contributed by atoms with Crippen molar-refractivity contribution in [2.45, 2.75) is 25.9 Å². The van der Waals surface area contributed by atoms with Crippen molar-refractivity contribution in [3.63, 3.8) is 0 Å². The second-order valence-electron chi connectivity index (χ2n) is 5.42. The topological polar surface area (TPSA) is 66.5 Å². The third-order valence-corrected chi connectivity index (χ3v) is 3.93. The average molecular weight is 284 g/mol. The molecule has 3 aromatic heterocycles. The summed E-state index contributed by atoms with van der Waals surface area (Å²) in [5, 5.41) is 2.85. The quantitative estimate of drug-likeness (QED) is 0.775. The lowest BCUT2D eigenvalue weighted by Gasteiger charge is -2.19. The summed E-state index contributed by atoms with van der Waals surface area (Å²) >= 11 is 0. The summed E-state index contributed by atoms with van der Waals surface area (Å²) in [7, 11) is 0. The van der Waals surface area contributed by atoms with Gasteiger partial charge in [-0.1, -0.05) is 0 Å². The smallest absolute Gasteiger partial charge is 0.272 e. The molecule has 0 saturated carbocycles. The van der Waals surface area contributed by atoms with Crippen LogP contribution in [-0.4, -0.2) is 26.0 Å². The van der Waals surface area contributed by atoms with E-state index in [0.29, 0.717) is 12.2 Å². The molecule has 0 aliphatic carbocycles. The first kappa shape index (κ1) is 12.4. The number of aryl methyl sites for hydroxylation is 1. The molecule has 0 aromatic carbocycles. The van der Waals surface area contributed by atoms with E-state index in [1.54, 1.807) is 18.5 Å². The lowest BCUT2D eigenvalue weighted by molar-refractivity contribution is 0.258. The number of fused-ring (bicyclic) bond motifs is 2. The van der Waals surface area contributed by atoms with Gasteiger partial charge in [0.1, 0.15) is 5.76 Å². The van der Waals surface area contributed by atoms with E-state index in [-0.39, 0.29) is 5.56 Å². The molecule has 0 saturated heterocycles. The normalized spacial score (nSPS) is 16.0. The van der Waals surface area contributed by atoms with E-state index in [1.807, 2.05) is 12.1 Å². The fraction of sp³-hybridized carbons (Fsp3) is 0.333. The number of aromatic amines is 1. The molecule has 0 amide bonds. The van der Waals surface area contributed by atoms with Crippen LogP contribution in [0.3, 0.4) is 0 Å². The zero-order chi connectivity index (χ0) is 14.2. The summed E-state index contributed by atoms with van der Waals surface area (Å²) in [5.41, 5.74) is 2.65. The van der Waals surface area contributed by atoms with Crippen molar-refractivity contribution in [3.05, 3.63) is 58.0 Å². The largest absolute Gasteiger partial charge is 0.469 e. The van der Waals surface area contributed by atoms with Crippen LogP contribution in [0.5, 0.6) is 0 Å². The highest BCUT2D eigenvalue weighted by molar-refractivity contribution is 5.36. The van der Waals surface area contributed by atoms with Gasteiger partial charge in [0.05, 0.1) is 12.0 Å². The second kappa shape index (κ2) is 4.89. The zero-order valence-corrected chi connectivity index (χ0v) is 11.6. The number of rotatable bonds is 2. The predicted molar refractivity (Wildman–Crippen MR) is 77.0 cm³/mol. The van der Waals surface area contributed by atoms with Crippen LogP contribution in [-0.2, 0) is 19.5 Å². The summed E-state index contributed by atoms with van der Waals surface area (Å²) in [5.74, 6) is 1.09. The molecule has 1 N–H and O–H groups in total. The Hall–Kier alpha value is -2.34. The van der Waals surface area contributed by atoms with Crippen LogP contribution >= 0.6 is 0 Å². The van der Waals surface area contributed by atoms with Crippen molar-refractivity contribution in [2.75, 3.05) is 6.54 Å². The van der Waals surface area contributed by atoms with Gasteiger partial charge in [0, 0.05) is 43.4 Å². The Morgan fingerprint density at radius 3 is 3.29 bits per heavy atom. The van der Waals surface area contributed by atoms with E-state index in [1.165, 1.54) is 10.1 Å². The Bertz CT molecular complexity index is 829. The Morgan fingerprint density at radius 2 is 2.33 bits per heavy atom. The van der Waals surface area contributed by atoms with Gasteiger partial charge in [-0.25, -0.2) is 9.50 Å². The van der Waals surface area contributed by atoms with Gasteiger partial charge in [0.15, 0.2) is 5.65 Å². The molecule has 4 rings (SSSR count). The number of aromatic nitrogens is 3. The molecule has 0 radical (unpaired) electrons. The van der Waals surface area contributed by atoms with Crippen molar-refractivity contribution >= 4 is 5.65 Å². The number of furan rings is 1. The van der Waals surface area contributed by atoms with Crippen LogP contribution in [0.25, 0.3) is 5.65 Å². The van der Waals surface area contributed by atoms with Crippen molar-refractivity contribution < 1.29 is 4.42 Å². The standard InChI is InChI=1S/C15H16N4O2/c20-15-8-12(17-14-3-5-16-19(14)15)10-18-6-1-2-13-11(9-18)4-7-21-13/h3-5,7-8,16H,1-2,6,9-10H2. The van der Waals surface area contributed by atoms with Gasteiger partial charge < -0.3 is 4.42 Å². The molecule has 0 unspecified atom stereocenters. The summed E-state index contributed by atoms with van der Waals surface area (Å²) < 4.78 is 6.95. The monoisotopic (exact) mass is 284 g/mol. The summed E-state index contributed by atoms with van der Waals surface area (Å²) in [6, 6.07) is 5.44. The summed E-state index contributed by atoms with van der Waals surface area (Å²) in [6.07, 6.45) is 5.51. The maximum absolute atomic E-state index is 12.0. The van der Waals surface area contributed by atoms with Gasteiger partial charge in [-0.15, -0.1) is 0 Å². The van der Waals surface area contributed by atoms with E-state index in [9.17, 15) is 4.79 Å². The molecule has 1 aliphatic heterocycles. The van der Waals surface area contributed by atoms with Gasteiger partial charge in [-0.3, -0.25) is 14.8 Å². The maximum Gasteiger partial charge on any atom is 0.272 e. The fourth-order valence-corrected chi connectivity index (χ4v) is 2.93. The SMILES string of the molecule is O=c1cc(CN2CCCc3occc3C2)nc2cc[nH]n12. The van der Waals surface area contributed by atoms with Crippen molar-refractivity contribution in [1.82, 2.24) is 19.5 Å². The molecule has 108 valence electrons. The Balaban J connectivity index is 1.61. The molecule has 0 bridgehead atoms. The molecule has 0 atom stereocenters. The highest BCUT2D eigenvalue weighted by atomic mass is 16.3.